The quantitative estimate of drug-likeness (QED) is 0.939. The van der Waals surface area contributed by atoms with Crippen LogP contribution in [0.25, 0.3) is 11.2 Å². The van der Waals surface area contributed by atoms with Gasteiger partial charge in [-0.05, 0) is 43.2 Å². The fourth-order valence-electron chi connectivity index (χ4n) is 2.57. The van der Waals surface area contributed by atoms with E-state index in [0.717, 1.165) is 23.4 Å². The molecule has 5 heteroatoms. The summed E-state index contributed by atoms with van der Waals surface area (Å²) in [4.78, 5) is 21.4. The first-order chi connectivity index (χ1) is 10.3. The van der Waals surface area contributed by atoms with E-state index in [9.17, 15) is 4.79 Å². The highest BCUT2D eigenvalue weighted by Crippen LogP contribution is 2.33. The number of amides is 1. The van der Waals surface area contributed by atoms with Gasteiger partial charge in [-0.3, -0.25) is 14.7 Å². The second kappa shape index (κ2) is 5.38. The van der Waals surface area contributed by atoms with Crippen LogP contribution in [0.15, 0.2) is 12.1 Å². The van der Waals surface area contributed by atoms with Crippen LogP contribution in [0, 0.1) is 18.3 Å². The van der Waals surface area contributed by atoms with Crippen molar-refractivity contribution in [1.82, 2.24) is 14.5 Å². The summed E-state index contributed by atoms with van der Waals surface area (Å²) in [7, 11) is 0. The summed E-state index contributed by atoms with van der Waals surface area (Å²) in [5.74, 6) is 1.34. The van der Waals surface area contributed by atoms with Crippen molar-refractivity contribution >= 4 is 23.0 Å². The molecule has 0 saturated heterocycles. The normalized spacial score (nSPS) is 15.3. The Labute approximate surface area is 131 Å². The van der Waals surface area contributed by atoms with Crippen molar-refractivity contribution in [3.05, 3.63) is 17.8 Å². The van der Waals surface area contributed by atoms with Crippen LogP contribution in [0.1, 0.15) is 45.7 Å². The molecule has 0 aliphatic heterocycles. The minimum Gasteiger partial charge on any atom is -0.296 e. The summed E-state index contributed by atoms with van der Waals surface area (Å²) < 4.78 is 2.07. The monoisotopic (exact) mass is 300 g/mol. The lowest BCUT2D eigenvalue weighted by atomic mass is 9.92. The molecule has 0 atom stereocenters. The predicted molar refractivity (Wildman–Crippen MR) is 87.7 cm³/mol. The number of aromatic nitrogens is 3. The second-order valence-corrected chi connectivity index (χ2v) is 7.57. The average Bonchev–Trinajstić information content (AvgIpc) is 3.13. The number of anilines is 1. The lowest BCUT2D eigenvalue weighted by Gasteiger charge is -2.17. The number of pyridine rings is 1. The molecule has 2 aromatic heterocycles. The summed E-state index contributed by atoms with van der Waals surface area (Å²) in [6, 6.07) is 3.93. The summed E-state index contributed by atoms with van der Waals surface area (Å²) in [6.45, 7) is 9.05. The summed E-state index contributed by atoms with van der Waals surface area (Å²) in [5, 5.41) is 2.98. The summed E-state index contributed by atoms with van der Waals surface area (Å²) >= 11 is 0. The Morgan fingerprint density at radius 1 is 1.32 bits per heavy atom. The van der Waals surface area contributed by atoms with Gasteiger partial charge in [-0.25, -0.2) is 9.97 Å². The maximum Gasteiger partial charge on any atom is 0.227 e. The van der Waals surface area contributed by atoms with Gasteiger partial charge in [-0.2, -0.15) is 0 Å². The van der Waals surface area contributed by atoms with E-state index in [1.807, 2.05) is 19.1 Å². The van der Waals surface area contributed by atoms with E-state index in [1.165, 1.54) is 12.8 Å². The molecule has 3 rings (SSSR count). The number of hydrogen-bond donors (Lipinski definition) is 1. The lowest BCUT2D eigenvalue weighted by molar-refractivity contribution is -0.117. The van der Waals surface area contributed by atoms with Crippen LogP contribution in [0.3, 0.4) is 0 Å². The predicted octanol–water partition coefficient (Wildman–Crippen LogP) is 3.52. The Kier molecular flexibility index (Phi) is 3.67. The molecule has 2 aromatic rings. The number of fused-ring (bicyclic) bond motifs is 1. The molecule has 1 aliphatic rings. The van der Waals surface area contributed by atoms with Crippen LogP contribution >= 0.6 is 0 Å². The molecule has 0 aromatic carbocycles. The number of nitrogens with one attached hydrogen (secondary N) is 1. The fraction of sp³-hybridized carbons (Fsp3) is 0.588. The van der Waals surface area contributed by atoms with Crippen molar-refractivity contribution in [3.63, 3.8) is 0 Å². The smallest absolute Gasteiger partial charge is 0.227 e. The number of aryl methyl sites for hydroxylation is 1. The highest BCUT2D eigenvalue weighted by molar-refractivity contribution is 5.91. The van der Waals surface area contributed by atoms with E-state index in [0.29, 0.717) is 18.3 Å². The van der Waals surface area contributed by atoms with Crippen molar-refractivity contribution in [2.45, 2.75) is 53.5 Å². The molecule has 2 heterocycles. The van der Waals surface area contributed by atoms with Crippen molar-refractivity contribution in [2.24, 2.45) is 11.3 Å². The first kappa shape index (κ1) is 15.0. The van der Waals surface area contributed by atoms with Gasteiger partial charge < -0.3 is 0 Å². The Morgan fingerprint density at radius 3 is 2.68 bits per heavy atom. The van der Waals surface area contributed by atoms with Crippen molar-refractivity contribution in [3.8, 4) is 0 Å². The molecule has 5 nitrogen and oxygen atoms in total. The average molecular weight is 300 g/mol. The van der Waals surface area contributed by atoms with Crippen LogP contribution in [0.4, 0.5) is 5.95 Å². The maximum atomic E-state index is 12.2. The topological polar surface area (TPSA) is 59.8 Å². The zero-order valence-corrected chi connectivity index (χ0v) is 13.8. The van der Waals surface area contributed by atoms with Gasteiger partial charge in [0.25, 0.3) is 0 Å². The number of carbonyl (C=O) groups excluding carboxylic acids is 1. The first-order valence-electron chi connectivity index (χ1n) is 7.95. The fourth-order valence-corrected chi connectivity index (χ4v) is 2.57. The van der Waals surface area contributed by atoms with Gasteiger partial charge in [0.05, 0.1) is 0 Å². The minimum atomic E-state index is -0.0355. The minimum absolute atomic E-state index is 0.0107. The van der Waals surface area contributed by atoms with E-state index in [1.54, 1.807) is 0 Å². The third-order valence-electron chi connectivity index (χ3n) is 3.81. The third-order valence-corrected chi connectivity index (χ3v) is 3.81. The van der Waals surface area contributed by atoms with Gasteiger partial charge in [-0.1, -0.05) is 20.8 Å². The van der Waals surface area contributed by atoms with Crippen molar-refractivity contribution in [2.75, 3.05) is 5.32 Å². The second-order valence-electron chi connectivity index (χ2n) is 7.57. The van der Waals surface area contributed by atoms with Crippen molar-refractivity contribution in [1.29, 1.82) is 0 Å². The SMILES string of the molecule is Cc1ccc2nc(NC(=O)CC(C)(C)C)n(CC3CC3)c2n1. The van der Waals surface area contributed by atoms with Crippen LogP contribution in [-0.2, 0) is 11.3 Å². The van der Waals surface area contributed by atoms with Crippen molar-refractivity contribution < 1.29 is 4.79 Å². The number of nitrogens with zero attached hydrogens (tertiary/aromatic N) is 3. The Balaban J connectivity index is 1.91. The summed E-state index contributed by atoms with van der Waals surface area (Å²) in [5.41, 5.74) is 2.65. The van der Waals surface area contributed by atoms with Crippen LogP contribution in [0.5, 0.6) is 0 Å². The molecule has 1 fully saturated rings. The maximum absolute atomic E-state index is 12.2. The van der Waals surface area contributed by atoms with Gasteiger partial charge in [0.15, 0.2) is 5.65 Å². The molecule has 0 spiro atoms. The number of imidazole rings is 1. The Morgan fingerprint density at radius 2 is 2.05 bits per heavy atom. The number of rotatable bonds is 4. The molecule has 1 saturated carbocycles. The zero-order valence-electron chi connectivity index (χ0n) is 13.8. The molecule has 0 radical (unpaired) electrons. The largest absolute Gasteiger partial charge is 0.296 e. The molecular formula is C17H24N4O. The third kappa shape index (κ3) is 3.46. The molecular weight excluding hydrogens is 276 g/mol. The molecule has 0 bridgehead atoms. The molecule has 22 heavy (non-hydrogen) atoms. The van der Waals surface area contributed by atoms with Gasteiger partial charge in [0.1, 0.15) is 5.52 Å². The van der Waals surface area contributed by atoms with E-state index in [-0.39, 0.29) is 11.3 Å². The molecule has 118 valence electrons. The zero-order chi connectivity index (χ0) is 15.9. The van der Waals surface area contributed by atoms with E-state index in [2.05, 4.69) is 40.6 Å². The Bertz CT molecular complexity index is 707. The molecule has 0 unspecified atom stereocenters. The highest BCUT2D eigenvalue weighted by atomic mass is 16.1. The van der Waals surface area contributed by atoms with E-state index in [4.69, 9.17) is 0 Å². The van der Waals surface area contributed by atoms with Crippen LogP contribution < -0.4 is 5.32 Å². The first-order valence-corrected chi connectivity index (χ1v) is 7.95. The van der Waals surface area contributed by atoms with Gasteiger partial charge >= 0.3 is 0 Å². The lowest BCUT2D eigenvalue weighted by Crippen LogP contribution is -2.22. The molecule has 1 aliphatic carbocycles. The number of carbonyl (C=O) groups is 1. The Hall–Kier alpha value is -1.91. The number of hydrogen-bond acceptors (Lipinski definition) is 3. The van der Waals surface area contributed by atoms with Gasteiger partial charge in [0.2, 0.25) is 11.9 Å². The van der Waals surface area contributed by atoms with Gasteiger partial charge in [-0.15, -0.1) is 0 Å². The van der Waals surface area contributed by atoms with Gasteiger partial charge in [0, 0.05) is 18.7 Å². The van der Waals surface area contributed by atoms with E-state index >= 15 is 0 Å². The molecule has 1 amide bonds. The highest BCUT2D eigenvalue weighted by Gasteiger charge is 2.26. The summed E-state index contributed by atoms with van der Waals surface area (Å²) in [6.07, 6.45) is 2.98. The van der Waals surface area contributed by atoms with Crippen LogP contribution in [-0.4, -0.2) is 20.4 Å². The van der Waals surface area contributed by atoms with E-state index < -0.39 is 0 Å². The van der Waals surface area contributed by atoms with Crippen LogP contribution in [0.2, 0.25) is 0 Å². The standard InChI is InChI=1S/C17H24N4O/c1-11-5-8-13-15(18-11)21(10-12-6-7-12)16(19-13)20-14(22)9-17(2,3)4/h5,8,12H,6-7,9-10H2,1-4H3,(H,19,20,22). The molecule has 1 N–H and O–H groups in total.